The highest BCUT2D eigenvalue weighted by atomic mass is 31.2. The molecule has 1 aromatic carbocycles. The molecule has 7 heteroatoms. The quantitative estimate of drug-likeness (QED) is 0.338. The summed E-state index contributed by atoms with van der Waals surface area (Å²) in [7, 11) is -3.72. The molecular formula is C23H33O6P. The molecule has 0 aliphatic heterocycles. The molecule has 2 atom stereocenters. The van der Waals surface area contributed by atoms with Crippen LogP contribution in [-0.4, -0.2) is 25.8 Å². The SMILES string of the molecule is CCOC(=O)c1ccc(C2=C(OP(=O)(OCC)OCC)[C@]3(C)CC[C@H]2C3(C)C)cc1. The van der Waals surface area contributed by atoms with E-state index < -0.39 is 7.82 Å². The van der Waals surface area contributed by atoms with Gasteiger partial charge in [-0.2, -0.15) is 0 Å². The molecular weight excluding hydrogens is 403 g/mol. The summed E-state index contributed by atoms with van der Waals surface area (Å²) in [6.07, 6.45) is 1.97. The summed E-state index contributed by atoms with van der Waals surface area (Å²) in [6.45, 7) is 12.8. The molecule has 0 N–H and O–H groups in total. The Labute approximate surface area is 179 Å². The van der Waals surface area contributed by atoms with Gasteiger partial charge in [-0.1, -0.05) is 32.9 Å². The fourth-order valence-electron chi connectivity index (χ4n) is 4.87. The second kappa shape index (κ2) is 8.49. The number of ether oxygens (including phenoxy) is 1. The number of benzene rings is 1. The zero-order valence-electron chi connectivity index (χ0n) is 18.8. The van der Waals surface area contributed by atoms with Gasteiger partial charge in [-0.15, -0.1) is 0 Å². The number of carbonyl (C=O) groups is 1. The van der Waals surface area contributed by atoms with E-state index in [1.807, 2.05) is 12.1 Å². The highest BCUT2D eigenvalue weighted by Crippen LogP contribution is 2.72. The third-order valence-electron chi connectivity index (χ3n) is 6.81. The van der Waals surface area contributed by atoms with Crippen molar-refractivity contribution in [2.24, 2.45) is 16.7 Å². The molecule has 166 valence electrons. The van der Waals surface area contributed by atoms with E-state index in [0.29, 0.717) is 17.9 Å². The molecule has 0 spiro atoms. The average Bonchev–Trinajstić information content (AvgIpc) is 3.01. The number of phosphoric ester groups is 1. The van der Waals surface area contributed by atoms with E-state index in [-0.39, 0.29) is 35.9 Å². The molecule has 2 bridgehead atoms. The van der Waals surface area contributed by atoms with Crippen LogP contribution in [0, 0.1) is 16.7 Å². The van der Waals surface area contributed by atoms with E-state index in [4.69, 9.17) is 18.3 Å². The first-order valence-corrected chi connectivity index (χ1v) is 12.2. The molecule has 2 aliphatic carbocycles. The topological polar surface area (TPSA) is 71.1 Å². The van der Waals surface area contributed by atoms with E-state index in [1.54, 1.807) is 32.9 Å². The fourth-order valence-corrected chi connectivity index (χ4v) is 6.20. The van der Waals surface area contributed by atoms with E-state index in [1.165, 1.54) is 0 Å². The largest absolute Gasteiger partial charge is 0.529 e. The Morgan fingerprint density at radius 3 is 2.17 bits per heavy atom. The van der Waals surface area contributed by atoms with Gasteiger partial charge in [0.25, 0.3) is 0 Å². The summed E-state index contributed by atoms with van der Waals surface area (Å²) in [5, 5.41) is 0. The fraction of sp³-hybridized carbons (Fsp3) is 0.609. The van der Waals surface area contributed by atoms with Crippen molar-refractivity contribution in [3.8, 4) is 0 Å². The monoisotopic (exact) mass is 436 g/mol. The van der Waals surface area contributed by atoms with Gasteiger partial charge in [0, 0.05) is 11.0 Å². The van der Waals surface area contributed by atoms with Gasteiger partial charge < -0.3 is 9.26 Å². The van der Waals surface area contributed by atoms with Crippen molar-refractivity contribution in [2.45, 2.75) is 54.4 Å². The summed E-state index contributed by atoms with van der Waals surface area (Å²) < 4.78 is 35.3. The van der Waals surface area contributed by atoms with Crippen molar-refractivity contribution in [3.05, 3.63) is 41.2 Å². The lowest BCUT2D eigenvalue weighted by Gasteiger charge is -2.37. The van der Waals surface area contributed by atoms with E-state index >= 15 is 0 Å². The van der Waals surface area contributed by atoms with Gasteiger partial charge in [-0.05, 0) is 62.6 Å². The predicted molar refractivity (Wildman–Crippen MR) is 116 cm³/mol. The minimum absolute atomic E-state index is 0.0687. The molecule has 1 saturated carbocycles. The summed E-state index contributed by atoms with van der Waals surface area (Å²) in [5.74, 6) is 0.604. The average molecular weight is 436 g/mol. The van der Waals surface area contributed by atoms with Crippen LogP contribution >= 0.6 is 7.82 Å². The third-order valence-corrected chi connectivity index (χ3v) is 8.36. The molecule has 0 radical (unpaired) electrons. The smallest absolute Gasteiger partial charge is 0.462 e. The summed E-state index contributed by atoms with van der Waals surface area (Å²) in [6, 6.07) is 7.36. The van der Waals surface area contributed by atoms with Crippen molar-refractivity contribution < 1.29 is 27.7 Å². The molecule has 0 amide bonds. The molecule has 2 aliphatic rings. The van der Waals surface area contributed by atoms with E-state index in [9.17, 15) is 9.36 Å². The molecule has 30 heavy (non-hydrogen) atoms. The van der Waals surface area contributed by atoms with Crippen LogP contribution in [0.1, 0.15) is 70.3 Å². The maximum Gasteiger partial charge on any atom is 0.529 e. The second-order valence-corrected chi connectivity index (χ2v) is 10.2. The first-order chi connectivity index (χ1) is 14.1. The van der Waals surface area contributed by atoms with Crippen molar-refractivity contribution in [3.63, 3.8) is 0 Å². The van der Waals surface area contributed by atoms with Gasteiger partial charge in [0.15, 0.2) is 0 Å². The normalized spacial score (nSPS) is 24.9. The molecule has 0 unspecified atom stereocenters. The lowest BCUT2D eigenvalue weighted by Crippen LogP contribution is -2.30. The van der Waals surface area contributed by atoms with Crippen LogP contribution in [0.2, 0.25) is 0 Å². The minimum Gasteiger partial charge on any atom is -0.462 e. The van der Waals surface area contributed by atoms with E-state index in [2.05, 4.69) is 20.8 Å². The van der Waals surface area contributed by atoms with Gasteiger partial charge in [-0.25, -0.2) is 9.36 Å². The zero-order valence-corrected chi connectivity index (χ0v) is 19.7. The van der Waals surface area contributed by atoms with Gasteiger partial charge in [0.05, 0.1) is 25.4 Å². The van der Waals surface area contributed by atoms with Gasteiger partial charge in [-0.3, -0.25) is 9.05 Å². The Kier molecular flexibility index (Phi) is 6.52. The number of rotatable bonds is 9. The Morgan fingerprint density at radius 1 is 1.03 bits per heavy atom. The predicted octanol–water partition coefficient (Wildman–Crippen LogP) is 6.23. The molecule has 3 rings (SSSR count). The van der Waals surface area contributed by atoms with Crippen LogP contribution in [0.4, 0.5) is 0 Å². The zero-order chi connectivity index (χ0) is 22.2. The Hall–Kier alpha value is -1.62. The Morgan fingerprint density at radius 2 is 1.63 bits per heavy atom. The lowest BCUT2D eigenvalue weighted by molar-refractivity contribution is 0.0526. The molecule has 6 nitrogen and oxygen atoms in total. The van der Waals surface area contributed by atoms with Crippen LogP contribution in [0.5, 0.6) is 0 Å². The van der Waals surface area contributed by atoms with Gasteiger partial charge in [0.1, 0.15) is 5.76 Å². The number of fused-ring (bicyclic) bond motifs is 2. The van der Waals surface area contributed by atoms with Gasteiger partial charge >= 0.3 is 13.8 Å². The Balaban J connectivity index is 2.06. The molecule has 0 heterocycles. The molecule has 0 saturated heterocycles. The van der Waals surface area contributed by atoms with Crippen molar-refractivity contribution in [1.29, 1.82) is 0 Å². The van der Waals surface area contributed by atoms with Crippen LogP contribution in [0.3, 0.4) is 0 Å². The highest BCUT2D eigenvalue weighted by molar-refractivity contribution is 7.48. The van der Waals surface area contributed by atoms with Crippen LogP contribution < -0.4 is 0 Å². The number of hydrogen-bond acceptors (Lipinski definition) is 6. The van der Waals surface area contributed by atoms with E-state index in [0.717, 1.165) is 24.0 Å². The van der Waals surface area contributed by atoms with Crippen molar-refractivity contribution in [2.75, 3.05) is 19.8 Å². The van der Waals surface area contributed by atoms with Gasteiger partial charge in [0.2, 0.25) is 0 Å². The maximum atomic E-state index is 13.2. The van der Waals surface area contributed by atoms with Crippen molar-refractivity contribution in [1.82, 2.24) is 0 Å². The standard InChI is InChI=1S/C23H33O6P/c1-7-26-21(24)17-12-10-16(11-13-17)19-18-14-15-23(6,22(18,4)5)20(19)29-30(25,27-8-2)28-9-3/h10-13,18H,7-9,14-15H2,1-6H3/t18-,23+/m1/s1. The number of carbonyl (C=O) groups excluding carboxylic acids is 1. The maximum absolute atomic E-state index is 13.2. The molecule has 1 aromatic rings. The van der Waals surface area contributed by atoms with Crippen LogP contribution in [0.15, 0.2) is 30.0 Å². The molecule has 0 aromatic heterocycles. The summed E-state index contributed by atoms with van der Waals surface area (Å²) in [5.41, 5.74) is 2.15. The lowest BCUT2D eigenvalue weighted by atomic mass is 9.69. The summed E-state index contributed by atoms with van der Waals surface area (Å²) >= 11 is 0. The highest BCUT2D eigenvalue weighted by Gasteiger charge is 2.63. The first-order valence-electron chi connectivity index (χ1n) is 10.7. The number of allylic oxidation sites excluding steroid dienone is 2. The molecule has 1 fully saturated rings. The summed E-state index contributed by atoms with van der Waals surface area (Å²) in [4.78, 5) is 12.0. The first kappa shape index (κ1) is 23.1. The Bertz CT molecular complexity index is 862. The number of esters is 1. The van der Waals surface area contributed by atoms with Crippen LogP contribution in [0.25, 0.3) is 5.57 Å². The second-order valence-electron chi connectivity index (χ2n) is 8.56. The van der Waals surface area contributed by atoms with Crippen molar-refractivity contribution >= 4 is 19.4 Å². The number of hydrogen-bond donors (Lipinski definition) is 0. The minimum atomic E-state index is -3.72. The third kappa shape index (κ3) is 3.74. The van der Waals surface area contributed by atoms with Crippen LogP contribution in [-0.2, 0) is 22.9 Å². The number of phosphoric acid groups is 1.